The molecule has 9 atom stereocenters. The lowest BCUT2D eigenvalue weighted by atomic mass is 9.89. The van der Waals surface area contributed by atoms with E-state index in [0.717, 1.165) is 31.4 Å². The van der Waals surface area contributed by atoms with E-state index in [2.05, 4.69) is 48.5 Å². The second-order valence-electron chi connectivity index (χ2n) is 14.7. The molecule has 0 radical (unpaired) electrons. The normalized spacial score (nSPS) is 22.1. The van der Waals surface area contributed by atoms with E-state index in [1.807, 2.05) is 42.3 Å². The Kier molecular flexibility index (Phi) is 16.6. The van der Waals surface area contributed by atoms with Gasteiger partial charge < -0.3 is 35.4 Å². The smallest absolute Gasteiger partial charge is 0.326 e. The highest BCUT2D eigenvalue weighted by Crippen LogP contribution is 2.29. The van der Waals surface area contributed by atoms with E-state index >= 15 is 0 Å². The SMILES string of the molecule is CCC(C)C(C(CC(=O)N1CCCC1C(OC)C(C)C(=O)NC(Cc1ccccc1)C(=O)O)OC)N(C)CC(NC(=O)C1CCNC1)C(C)C. The number of nitrogens with zero attached hydrogens (tertiary/aromatic N) is 2. The van der Waals surface area contributed by atoms with E-state index in [-0.39, 0.29) is 60.5 Å². The van der Waals surface area contributed by atoms with Crippen LogP contribution in [0.15, 0.2) is 30.3 Å². The molecule has 2 fully saturated rings. The van der Waals surface area contributed by atoms with Gasteiger partial charge in [0.25, 0.3) is 0 Å². The van der Waals surface area contributed by atoms with Crippen molar-refractivity contribution in [2.24, 2.45) is 23.7 Å². The number of methoxy groups -OCH3 is 2. The highest BCUT2D eigenvalue weighted by Gasteiger charge is 2.42. The topological polar surface area (TPSA) is 150 Å². The van der Waals surface area contributed by atoms with E-state index in [0.29, 0.717) is 26.1 Å². The van der Waals surface area contributed by atoms with E-state index in [9.17, 15) is 24.3 Å². The Morgan fingerprint density at radius 3 is 2.30 bits per heavy atom. The average Bonchev–Trinajstić information content (AvgIpc) is 3.81. The Labute approximate surface area is 299 Å². The second-order valence-corrected chi connectivity index (χ2v) is 14.7. The minimum atomic E-state index is -1.11. The van der Waals surface area contributed by atoms with Crippen LogP contribution >= 0.6 is 0 Å². The van der Waals surface area contributed by atoms with Crippen molar-refractivity contribution in [1.82, 2.24) is 25.8 Å². The molecule has 1 aromatic rings. The molecule has 9 unspecified atom stereocenters. The van der Waals surface area contributed by atoms with Gasteiger partial charge in [0.05, 0.1) is 36.5 Å². The number of hydrogen-bond acceptors (Lipinski definition) is 8. The van der Waals surface area contributed by atoms with Crippen molar-refractivity contribution in [2.75, 3.05) is 47.4 Å². The molecule has 2 aliphatic rings. The zero-order valence-electron chi connectivity index (χ0n) is 31.5. The second kappa shape index (κ2) is 20.1. The molecule has 1 aromatic carbocycles. The van der Waals surface area contributed by atoms with Gasteiger partial charge in [-0.1, -0.05) is 71.4 Å². The number of carbonyl (C=O) groups is 4. The zero-order valence-corrected chi connectivity index (χ0v) is 31.5. The molecule has 0 aromatic heterocycles. The number of carboxylic acid groups (broad SMARTS) is 1. The summed E-state index contributed by atoms with van der Waals surface area (Å²) < 4.78 is 12.0. The van der Waals surface area contributed by atoms with Gasteiger partial charge in [0, 0.05) is 52.4 Å². The summed E-state index contributed by atoms with van der Waals surface area (Å²) in [7, 11) is 5.23. The number of nitrogens with one attached hydrogen (secondary N) is 3. The van der Waals surface area contributed by atoms with Crippen LogP contribution in [0.3, 0.4) is 0 Å². The molecule has 282 valence electrons. The minimum absolute atomic E-state index is 0.0118. The van der Waals surface area contributed by atoms with Gasteiger partial charge in [-0.25, -0.2) is 4.79 Å². The monoisotopic (exact) mass is 701 g/mol. The summed E-state index contributed by atoms with van der Waals surface area (Å²) in [5.74, 6) is -1.79. The van der Waals surface area contributed by atoms with Crippen LogP contribution in [0, 0.1) is 23.7 Å². The van der Waals surface area contributed by atoms with Gasteiger partial charge in [0.15, 0.2) is 0 Å². The Bertz CT molecular complexity index is 1230. The first-order chi connectivity index (χ1) is 23.8. The van der Waals surface area contributed by atoms with E-state index in [1.54, 1.807) is 14.0 Å². The molecule has 4 N–H and O–H groups in total. The summed E-state index contributed by atoms with van der Waals surface area (Å²) >= 11 is 0. The molecular formula is C38H63N5O7. The Balaban J connectivity index is 1.71. The van der Waals surface area contributed by atoms with Crippen LogP contribution in [0.25, 0.3) is 0 Å². The third-order valence-electron chi connectivity index (χ3n) is 10.9. The summed E-state index contributed by atoms with van der Waals surface area (Å²) in [5.41, 5.74) is 0.809. The quantitative estimate of drug-likeness (QED) is 0.161. The van der Waals surface area contributed by atoms with Crippen molar-refractivity contribution < 1.29 is 33.8 Å². The van der Waals surface area contributed by atoms with Crippen molar-refractivity contribution in [3.8, 4) is 0 Å². The first-order valence-corrected chi connectivity index (χ1v) is 18.5. The molecular weight excluding hydrogens is 638 g/mol. The van der Waals surface area contributed by atoms with Gasteiger partial charge >= 0.3 is 5.97 Å². The van der Waals surface area contributed by atoms with Crippen LogP contribution in [0.2, 0.25) is 0 Å². The molecule has 0 bridgehead atoms. The van der Waals surface area contributed by atoms with Crippen LogP contribution in [-0.4, -0.2) is 122 Å². The van der Waals surface area contributed by atoms with Crippen LogP contribution in [-0.2, 0) is 35.1 Å². The zero-order chi connectivity index (χ0) is 37.0. The number of amides is 3. The molecule has 2 aliphatic heterocycles. The molecule has 12 nitrogen and oxygen atoms in total. The maximum Gasteiger partial charge on any atom is 0.326 e. The van der Waals surface area contributed by atoms with Gasteiger partial charge in [-0.2, -0.15) is 0 Å². The van der Waals surface area contributed by atoms with Gasteiger partial charge in [-0.05, 0) is 50.3 Å². The maximum absolute atomic E-state index is 14.1. The number of carbonyl (C=O) groups excluding carboxylic acids is 3. The standard InChI is InChI=1S/C38H63N5O7/c1-9-25(4)34(42(6)23-30(24(2)3)41-37(46)28-17-18-39-22-28)32(49-7)21-33(44)43-19-13-16-31(43)35(50-8)26(5)36(45)40-29(38(47)48)20-27-14-11-10-12-15-27/h10-12,14-15,24-26,28-32,34-35,39H,9,13,16-23H2,1-8H3,(H,40,45)(H,41,46)(H,47,48). The Morgan fingerprint density at radius 1 is 1.04 bits per heavy atom. The summed E-state index contributed by atoms with van der Waals surface area (Å²) in [6.45, 7) is 13.0. The molecule has 2 heterocycles. The predicted molar refractivity (Wildman–Crippen MR) is 193 cm³/mol. The molecule has 0 saturated carbocycles. The highest BCUT2D eigenvalue weighted by atomic mass is 16.5. The Hall–Kier alpha value is -3.06. The summed E-state index contributed by atoms with van der Waals surface area (Å²) in [4.78, 5) is 56.7. The number of likely N-dealkylation sites (tertiary alicyclic amines) is 1. The summed E-state index contributed by atoms with van der Waals surface area (Å²) in [6, 6.07) is 7.62. The van der Waals surface area contributed by atoms with Gasteiger partial charge in [-0.15, -0.1) is 0 Å². The highest BCUT2D eigenvalue weighted by molar-refractivity contribution is 5.85. The number of benzene rings is 1. The van der Waals surface area contributed by atoms with Gasteiger partial charge in [0.1, 0.15) is 6.04 Å². The number of ether oxygens (including phenoxy) is 2. The third-order valence-corrected chi connectivity index (χ3v) is 10.9. The lowest BCUT2D eigenvalue weighted by Gasteiger charge is -2.41. The van der Waals surface area contributed by atoms with Crippen molar-refractivity contribution in [3.05, 3.63) is 35.9 Å². The van der Waals surface area contributed by atoms with Crippen molar-refractivity contribution in [1.29, 1.82) is 0 Å². The fourth-order valence-corrected chi connectivity index (χ4v) is 7.63. The molecule has 12 heteroatoms. The number of likely N-dealkylation sites (N-methyl/N-ethyl adjacent to an activating group) is 1. The molecule has 2 saturated heterocycles. The van der Waals surface area contributed by atoms with Crippen LogP contribution in [0.5, 0.6) is 0 Å². The molecule has 0 aliphatic carbocycles. The van der Waals surface area contributed by atoms with Gasteiger partial charge in [0.2, 0.25) is 17.7 Å². The Morgan fingerprint density at radius 2 is 1.74 bits per heavy atom. The van der Waals surface area contributed by atoms with Crippen molar-refractivity contribution >= 4 is 23.7 Å². The number of aliphatic carboxylic acids is 1. The molecule has 50 heavy (non-hydrogen) atoms. The van der Waals surface area contributed by atoms with Crippen molar-refractivity contribution in [3.63, 3.8) is 0 Å². The largest absolute Gasteiger partial charge is 0.480 e. The fraction of sp³-hybridized carbons (Fsp3) is 0.737. The third kappa shape index (κ3) is 11.2. The van der Waals surface area contributed by atoms with E-state index in [4.69, 9.17) is 9.47 Å². The molecule has 3 rings (SSSR count). The first-order valence-electron chi connectivity index (χ1n) is 18.5. The van der Waals surface area contributed by atoms with E-state index in [1.165, 1.54) is 7.11 Å². The minimum Gasteiger partial charge on any atom is -0.480 e. The molecule has 0 spiro atoms. The fourth-order valence-electron chi connectivity index (χ4n) is 7.63. The van der Waals surface area contributed by atoms with Crippen LogP contribution < -0.4 is 16.0 Å². The predicted octanol–water partition coefficient (Wildman–Crippen LogP) is 2.94. The number of carboxylic acids is 1. The van der Waals surface area contributed by atoms with E-state index < -0.39 is 36.0 Å². The molecule has 3 amide bonds. The number of hydrogen-bond donors (Lipinski definition) is 4. The average molecular weight is 702 g/mol. The first kappa shape index (κ1) is 41.4. The van der Waals surface area contributed by atoms with Crippen LogP contribution in [0.4, 0.5) is 0 Å². The maximum atomic E-state index is 14.1. The number of rotatable bonds is 20. The lowest BCUT2D eigenvalue weighted by molar-refractivity contribution is -0.145. The van der Waals surface area contributed by atoms with Crippen LogP contribution in [0.1, 0.15) is 72.3 Å². The van der Waals surface area contributed by atoms with Crippen molar-refractivity contribution in [2.45, 2.75) is 110 Å². The van der Waals surface area contributed by atoms with Gasteiger partial charge in [-0.3, -0.25) is 19.3 Å². The lowest BCUT2D eigenvalue weighted by Crippen LogP contribution is -2.55. The summed E-state index contributed by atoms with van der Waals surface area (Å²) in [5, 5.41) is 19.1. The summed E-state index contributed by atoms with van der Waals surface area (Å²) in [6.07, 6.45) is 2.48.